The maximum absolute atomic E-state index is 12.5. The van der Waals surface area contributed by atoms with Gasteiger partial charge >= 0.3 is 17.8 Å². The predicted octanol–water partition coefficient (Wildman–Crippen LogP) is 2.02. The van der Waals surface area contributed by atoms with Crippen LogP contribution in [-0.2, 0) is 14.4 Å². The molecule has 0 radical (unpaired) electrons. The molecule has 0 aliphatic carbocycles. The quantitative estimate of drug-likeness (QED) is 0.455. The standard InChI is InChI=1S/C19H28N4O4S/c1-2-3-4-5-6-7-10-22-11-12-23(18(26)17(22)25)19(27)21-15(16(20)24)14-9-8-13-28-14/h8-9,13,15H,2-7,10-12H2,1H3,(H2,20,24)(H,21,27). The average molecular weight is 409 g/mol. The smallest absolute Gasteiger partial charge is 0.325 e. The van der Waals surface area contributed by atoms with Gasteiger partial charge < -0.3 is 16.0 Å². The van der Waals surface area contributed by atoms with Gasteiger partial charge in [0, 0.05) is 24.5 Å². The summed E-state index contributed by atoms with van der Waals surface area (Å²) in [6.07, 6.45) is 6.56. The van der Waals surface area contributed by atoms with Crippen LogP contribution in [0.4, 0.5) is 4.79 Å². The van der Waals surface area contributed by atoms with Crippen molar-refractivity contribution in [3.05, 3.63) is 22.4 Å². The number of nitrogens with one attached hydrogen (secondary N) is 1. The molecule has 8 nitrogen and oxygen atoms in total. The zero-order valence-corrected chi connectivity index (χ0v) is 17.0. The van der Waals surface area contributed by atoms with E-state index in [1.807, 2.05) is 0 Å². The summed E-state index contributed by atoms with van der Waals surface area (Å²) in [5.41, 5.74) is 5.36. The molecule has 0 spiro atoms. The van der Waals surface area contributed by atoms with Crippen LogP contribution in [-0.4, -0.2) is 53.2 Å². The van der Waals surface area contributed by atoms with E-state index in [0.29, 0.717) is 18.0 Å². The third kappa shape index (κ3) is 5.79. The fraction of sp³-hybridized carbons (Fsp3) is 0.579. The van der Waals surface area contributed by atoms with E-state index in [2.05, 4.69) is 12.2 Å². The molecule has 2 rings (SSSR count). The number of unbranched alkanes of at least 4 members (excludes halogenated alkanes) is 5. The molecular formula is C19H28N4O4S. The van der Waals surface area contributed by atoms with E-state index >= 15 is 0 Å². The second-order valence-corrected chi connectivity index (χ2v) is 7.80. The highest BCUT2D eigenvalue weighted by Gasteiger charge is 2.37. The lowest BCUT2D eigenvalue weighted by molar-refractivity contribution is -0.153. The number of urea groups is 1. The minimum atomic E-state index is -1.03. The lowest BCUT2D eigenvalue weighted by atomic mass is 10.1. The maximum atomic E-state index is 12.5. The number of hydrogen-bond acceptors (Lipinski definition) is 5. The zero-order chi connectivity index (χ0) is 20.5. The number of piperazine rings is 1. The van der Waals surface area contributed by atoms with Crippen molar-refractivity contribution in [1.82, 2.24) is 15.1 Å². The van der Waals surface area contributed by atoms with Crippen LogP contribution in [0.2, 0.25) is 0 Å². The van der Waals surface area contributed by atoms with Crippen LogP contribution in [0.15, 0.2) is 17.5 Å². The topological polar surface area (TPSA) is 113 Å². The molecule has 28 heavy (non-hydrogen) atoms. The second-order valence-electron chi connectivity index (χ2n) is 6.82. The van der Waals surface area contributed by atoms with Gasteiger partial charge in [-0.3, -0.25) is 19.3 Å². The van der Waals surface area contributed by atoms with Crippen molar-refractivity contribution in [2.75, 3.05) is 19.6 Å². The van der Waals surface area contributed by atoms with Gasteiger partial charge in [-0.1, -0.05) is 45.1 Å². The van der Waals surface area contributed by atoms with Crippen LogP contribution < -0.4 is 11.1 Å². The first-order valence-electron chi connectivity index (χ1n) is 9.69. The monoisotopic (exact) mass is 408 g/mol. The molecule has 9 heteroatoms. The van der Waals surface area contributed by atoms with Crippen molar-refractivity contribution in [1.29, 1.82) is 0 Å². The minimum Gasteiger partial charge on any atom is -0.368 e. The number of carbonyl (C=O) groups excluding carboxylic acids is 4. The molecule has 154 valence electrons. The summed E-state index contributed by atoms with van der Waals surface area (Å²) >= 11 is 1.27. The number of rotatable bonds is 10. The van der Waals surface area contributed by atoms with Crippen LogP contribution in [0, 0.1) is 0 Å². The molecule has 0 bridgehead atoms. The molecule has 1 aliphatic rings. The molecule has 1 unspecified atom stereocenters. The maximum Gasteiger partial charge on any atom is 0.325 e. The number of nitrogens with two attached hydrogens (primary N) is 1. The van der Waals surface area contributed by atoms with Gasteiger partial charge in [-0.15, -0.1) is 11.3 Å². The van der Waals surface area contributed by atoms with Crippen molar-refractivity contribution in [3.63, 3.8) is 0 Å². The fourth-order valence-corrected chi connectivity index (χ4v) is 3.89. The van der Waals surface area contributed by atoms with Gasteiger partial charge in [0.1, 0.15) is 6.04 Å². The van der Waals surface area contributed by atoms with Gasteiger partial charge in [0.05, 0.1) is 0 Å². The summed E-state index contributed by atoms with van der Waals surface area (Å²) in [5, 5.41) is 4.21. The highest BCUT2D eigenvalue weighted by molar-refractivity contribution is 7.10. The number of amides is 5. The number of primary amides is 1. The fourth-order valence-electron chi connectivity index (χ4n) is 3.10. The first-order chi connectivity index (χ1) is 13.5. The van der Waals surface area contributed by atoms with Crippen LogP contribution in [0.1, 0.15) is 56.4 Å². The van der Waals surface area contributed by atoms with E-state index in [9.17, 15) is 19.2 Å². The van der Waals surface area contributed by atoms with Crippen molar-refractivity contribution < 1.29 is 19.2 Å². The molecule has 1 saturated heterocycles. The summed E-state index contributed by atoms with van der Waals surface area (Å²) in [6.45, 7) is 3.08. The first kappa shape index (κ1) is 21.9. The Labute approximate surface area is 169 Å². The first-order valence-corrected chi connectivity index (χ1v) is 10.6. The van der Waals surface area contributed by atoms with Crippen LogP contribution >= 0.6 is 11.3 Å². The summed E-state index contributed by atoms with van der Waals surface area (Å²) in [5.74, 6) is -2.28. The number of nitrogens with zero attached hydrogens (tertiary/aromatic N) is 2. The van der Waals surface area contributed by atoms with E-state index in [1.165, 1.54) is 35.5 Å². The number of hydrogen-bond donors (Lipinski definition) is 2. The summed E-state index contributed by atoms with van der Waals surface area (Å²) < 4.78 is 0. The predicted molar refractivity (Wildman–Crippen MR) is 106 cm³/mol. The van der Waals surface area contributed by atoms with Gasteiger partial charge in [-0.25, -0.2) is 4.79 Å². The molecule has 1 fully saturated rings. The van der Waals surface area contributed by atoms with Crippen LogP contribution in [0.25, 0.3) is 0 Å². The minimum absolute atomic E-state index is 0.0994. The van der Waals surface area contributed by atoms with E-state index in [0.717, 1.165) is 24.2 Å². The van der Waals surface area contributed by atoms with Crippen molar-refractivity contribution >= 4 is 35.1 Å². The Morgan fingerprint density at radius 3 is 2.50 bits per heavy atom. The summed E-state index contributed by atoms with van der Waals surface area (Å²) in [7, 11) is 0. The van der Waals surface area contributed by atoms with Crippen LogP contribution in [0.3, 0.4) is 0 Å². The zero-order valence-electron chi connectivity index (χ0n) is 16.2. The van der Waals surface area contributed by atoms with E-state index in [4.69, 9.17) is 5.73 Å². The molecule has 1 aromatic heterocycles. The SMILES string of the molecule is CCCCCCCCN1CCN(C(=O)NC(C(N)=O)c2cccs2)C(=O)C1=O. The van der Waals surface area contributed by atoms with E-state index < -0.39 is 29.8 Å². The second kappa shape index (κ2) is 10.8. The molecule has 1 aliphatic heterocycles. The lowest BCUT2D eigenvalue weighted by Gasteiger charge is -2.33. The van der Waals surface area contributed by atoms with Gasteiger partial charge in [-0.05, 0) is 17.9 Å². The molecule has 1 atom stereocenters. The third-order valence-corrected chi connectivity index (χ3v) is 5.65. The van der Waals surface area contributed by atoms with Crippen molar-refractivity contribution in [3.8, 4) is 0 Å². The molecule has 0 saturated carbocycles. The van der Waals surface area contributed by atoms with Crippen molar-refractivity contribution in [2.45, 2.75) is 51.5 Å². The summed E-state index contributed by atoms with van der Waals surface area (Å²) in [6, 6.07) is 1.59. The highest BCUT2D eigenvalue weighted by Crippen LogP contribution is 2.19. The number of thiophene rings is 1. The Morgan fingerprint density at radius 2 is 1.86 bits per heavy atom. The third-order valence-electron chi connectivity index (χ3n) is 4.72. The van der Waals surface area contributed by atoms with E-state index in [-0.39, 0.29) is 6.54 Å². The molecule has 0 aromatic carbocycles. The lowest BCUT2D eigenvalue weighted by Crippen LogP contribution is -2.59. The van der Waals surface area contributed by atoms with Gasteiger partial charge in [0.15, 0.2) is 0 Å². The normalized spacial score (nSPS) is 15.6. The van der Waals surface area contributed by atoms with E-state index in [1.54, 1.807) is 17.5 Å². The largest absolute Gasteiger partial charge is 0.368 e. The molecule has 2 heterocycles. The molecule has 3 N–H and O–H groups in total. The van der Waals surface area contributed by atoms with Crippen LogP contribution in [0.5, 0.6) is 0 Å². The molecule has 5 amide bonds. The Kier molecular flexibility index (Phi) is 8.43. The Bertz CT molecular complexity index is 692. The van der Waals surface area contributed by atoms with Gasteiger partial charge in [-0.2, -0.15) is 0 Å². The van der Waals surface area contributed by atoms with Gasteiger partial charge in [0.2, 0.25) is 5.91 Å². The highest BCUT2D eigenvalue weighted by atomic mass is 32.1. The van der Waals surface area contributed by atoms with Crippen molar-refractivity contribution in [2.24, 2.45) is 5.73 Å². The average Bonchev–Trinajstić information content (AvgIpc) is 3.19. The van der Waals surface area contributed by atoms with Gasteiger partial charge in [0.25, 0.3) is 0 Å². The number of imide groups is 1. The Morgan fingerprint density at radius 1 is 1.14 bits per heavy atom. The molecular weight excluding hydrogens is 380 g/mol. The number of carbonyl (C=O) groups is 4. The Hall–Kier alpha value is -2.42. The molecule has 1 aromatic rings. The summed E-state index contributed by atoms with van der Waals surface area (Å²) in [4.78, 5) is 51.7. The Balaban J connectivity index is 1.86.